The van der Waals surface area contributed by atoms with Crippen molar-refractivity contribution in [3.8, 4) is 43.8 Å². The average Bonchev–Trinajstić information content (AvgIpc) is 4.03. The van der Waals surface area contributed by atoms with Gasteiger partial charge < -0.3 is 0 Å². The minimum absolute atomic E-state index is 1.24. The van der Waals surface area contributed by atoms with Gasteiger partial charge in [0.15, 0.2) is 0 Å². The van der Waals surface area contributed by atoms with Gasteiger partial charge >= 0.3 is 0 Å². The van der Waals surface area contributed by atoms with Crippen LogP contribution in [0.15, 0.2) is 206 Å². The van der Waals surface area contributed by atoms with Crippen molar-refractivity contribution >= 4 is 86.7 Å². The van der Waals surface area contributed by atoms with Crippen LogP contribution in [0.3, 0.4) is 0 Å². The highest BCUT2D eigenvalue weighted by Gasteiger charge is 2.24. The first-order valence-corrected chi connectivity index (χ1v) is 23.5. The predicted molar refractivity (Wildman–Crippen MR) is 275 cm³/mol. The normalized spacial score (nSPS) is 12.6. The molecule has 13 aromatic carbocycles. The summed E-state index contributed by atoms with van der Waals surface area (Å²) in [6, 6.07) is 77.8. The molecule has 0 saturated heterocycles. The lowest BCUT2D eigenvalue weighted by Gasteiger charge is -2.19. The maximum absolute atomic E-state index is 2.46. The molecule has 14 aromatic rings. The summed E-state index contributed by atoms with van der Waals surface area (Å²) >= 11 is 1.95. The molecule has 1 heteroatoms. The lowest BCUT2D eigenvalue weighted by molar-refractivity contribution is 1.47. The summed E-state index contributed by atoms with van der Waals surface area (Å²) in [7, 11) is 0. The van der Waals surface area contributed by atoms with Gasteiger partial charge in [0.25, 0.3) is 0 Å². The summed E-state index contributed by atoms with van der Waals surface area (Å²) in [5.74, 6) is 0. The van der Waals surface area contributed by atoms with Crippen molar-refractivity contribution in [1.82, 2.24) is 0 Å². The van der Waals surface area contributed by atoms with Gasteiger partial charge in [-0.2, -0.15) is 0 Å². The zero-order valence-corrected chi connectivity index (χ0v) is 35.9. The largest absolute Gasteiger partial charge is 0.134 e. The average molecular weight is 835 g/mol. The maximum atomic E-state index is 2.46. The first-order valence-electron chi connectivity index (χ1n) is 22.7. The Morgan fingerprint density at radius 2 is 0.585 bits per heavy atom. The molecule has 0 spiro atoms. The number of fused-ring (bicyclic) bond motifs is 6. The first kappa shape index (κ1) is 34.4. The molecule has 0 bridgehead atoms. The van der Waals surface area contributed by atoms with Gasteiger partial charge in [0.05, 0.1) is 0 Å². The van der Waals surface area contributed by atoms with E-state index in [1.807, 2.05) is 11.3 Å². The van der Waals surface area contributed by atoms with E-state index in [2.05, 4.69) is 206 Å². The van der Waals surface area contributed by atoms with Gasteiger partial charge in [-0.3, -0.25) is 0 Å². The van der Waals surface area contributed by atoms with Gasteiger partial charge in [0, 0.05) is 25.4 Å². The Kier molecular flexibility index (Phi) is 6.52. The predicted octanol–water partition coefficient (Wildman–Crippen LogP) is 17.1. The molecule has 16 rings (SSSR count). The van der Waals surface area contributed by atoms with E-state index < -0.39 is 0 Å². The fourth-order valence-corrected chi connectivity index (χ4v) is 13.8. The molecule has 0 nitrogen and oxygen atoms in total. The van der Waals surface area contributed by atoms with Gasteiger partial charge in [-0.1, -0.05) is 194 Å². The van der Waals surface area contributed by atoms with E-state index in [0.29, 0.717) is 0 Å². The lowest BCUT2D eigenvalue weighted by atomic mass is 9.83. The molecule has 65 heavy (non-hydrogen) atoms. The van der Waals surface area contributed by atoms with Crippen molar-refractivity contribution in [3.63, 3.8) is 0 Å². The number of hydrogen-bond donors (Lipinski definition) is 0. The van der Waals surface area contributed by atoms with Crippen LogP contribution in [-0.4, -0.2) is 0 Å². The van der Waals surface area contributed by atoms with Crippen LogP contribution in [0, 0.1) is 41.1 Å². The van der Waals surface area contributed by atoms with Crippen molar-refractivity contribution in [2.24, 2.45) is 0 Å². The highest BCUT2D eigenvalue weighted by molar-refractivity contribution is 7.14. The van der Waals surface area contributed by atoms with Gasteiger partial charge in [-0.25, -0.2) is 0 Å². The molecule has 0 N–H and O–H groups in total. The molecule has 2 aliphatic rings. The standard InChI is InChI=1S/C64H34S/c1-5-13-35(14-6-1)51-33-53-47-27-25-43-39-21-23-41-45-29-31-49-61-50(64-62(49)55(37-17-9-3-10-18-37)63(65-64)38-19-11-4-12-20-38)32-30-46(59(45)61)42-24-22-40(56(39)57(41)42)44-26-28-48(60(47)58(43)44)54(53)34-52(51)36-15-7-2-8-16-36/h1-34H. The van der Waals surface area contributed by atoms with E-state index in [-0.39, 0.29) is 0 Å². The molecule has 1 aromatic heterocycles. The van der Waals surface area contributed by atoms with E-state index in [1.165, 1.54) is 160 Å². The molecule has 296 valence electrons. The minimum atomic E-state index is 1.24. The summed E-state index contributed by atoms with van der Waals surface area (Å²) in [4.78, 5) is 1.34. The Morgan fingerprint density at radius 3 is 1.03 bits per heavy atom. The minimum Gasteiger partial charge on any atom is -0.134 e. The molecular weight excluding hydrogens is 801 g/mol. The fourth-order valence-electron chi connectivity index (χ4n) is 12.4. The van der Waals surface area contributed by atoms with Crippen LogP contribution in [0.25, 0.3) is 119 Å². The molecule has 0 atom stereocenters. The molecule has 2 aliphatic carbocycles. The molecule has 0 amide bonds. The van der Waals surface area contributed by atoms with Crippen LogP contribution in [0.5, 0.6) is 0 Å². The summed E-state index contributed by atoms with van der Waals surface area (Å²) in [5, 5.41) is 28.4. The zero-order valence-electron chi connectivity index (χ0n) is 35.0. The van der Waals surface area contributed by atoms with E-state index in [9.17, 15) is 0 Å². The van der Waals surface area contributed by atoms with E-state index in [0.717, 1.165) is 0 Å². The summed E-state index contributed by atoms with van der Waals surface area (Å²) in [6.45, 7) is 0. The summed E-state index contributed by atoms with van der Waals surface area (Å²) in [5.41, 5.74) is 8.91. The molecule has 0 saturated carbocycles. The molecule has 1 heterocycles. The van der Waals surface area contributed by atoms with E-state index in [4.69, 9.17) is 0 Å². The SMILES string of the molecule is c1ccc(-c2cc3c(cc2-c2ccccc2)=c2ccc4c5ccc6c7ccc8c9c(ccc(c%10ccc(c%11ccc=3c2c%114)c5c%106)c97)=c2sc(-c3ccccc3)c(-c3ccccc3)c2=8)cc1. The molecule has 0 unspecified atom stereocenters. The molecule has 0 fully saturated rings. The number of thiophene rings is 1. The van der Waals surface area contributed by atoms with E-state index >= 15 is 0 Å². The Bertz CT molecular complexity index is 4640. The third-order valence-corrected chi connectivity index (χ3v) is 16.3. The Balaban J connectivity index is 1.01. The lowest BCUT2D eigenvalue weighted by Crippen LogP contribution is -1.92. The van der Waals surface area contributed by atoms with Crippen LogP contribution in [0.1, 0.15) is 0 Å². The topological polar surface area (TPSA) is 0 Å². The maximum Gasteiger partial charge on any atom is 0.0440 e. The number of rotatable bonds is 4. The van der Waals surface area contributed by atoms with Crippen molar-refractivity contribution in [2.75, 3.05) is 0 Å². The monoisotopic (exact) mass is 834 g/mol. The summed E-state index contributed by atoms with van der Waals surface area (Å²) in [6.07, 6.45) is 0. The smallest absolute Gasteiger partial charge is 0.0440 e. The number of hydrogen-bond acceptors (Lipinski definition) is 1. The van der Waals surface area contributed by atoms with Gasteiger partial charge in [0.2, 0.25) is 0 Å². The highest BCUT2D eigenvalue weighted by Crippen LogP contribution is 2.50. The quantitative estimate of drug-likeness (QED) is 0.122. The van der Waals surface area contributed by atoms with Crippen molar-refractivity contribution < 1.29 is 0 Å². The van der Waals surface area contributed by atoms with Crippen LogP contribution in [0.2, 0.25) is 0 Å². The van der Waals surface area contributed by atoms with Crippen LogP contribution in [-0.2, 0) is 0 Å². The first-order chi connectivity index (χ1) is 32.3. The fraction of sp³-hybridized carbons (Fsp3) is 0. The number of benzene rings is 13. The third kappa shape index (κ3) is 4.32. The Morgan fingerprint density at radius 1 is 0.246 bits per heavy atom. The third-order valence-electron chi connectivity index (χ3n) is 15.1. The van der Waals surface area contributed by atoms with Gasteiger partial charge in [-0.05, 0) is 147 Å². The Hall–Kier alpha value is -8.10. The van der Waals surface area contributed by atoms with Crippen molar-refractivity contribution in [1.29, 1.82) is 0 Å². The molecular formula is C64H34S. The van der Waals surface area contributed by atoms with Crippen LogP contribution < -0.4 is 0 Å². The highest BCUT2D eigenvalue weighted by atomic mass is 32.1. The molecule has 0 radical (unpaired) electrons. The van der Waals surface area contributed by atoms with Gasteiger partial charge in [0.1, 0.15) is 0 Å². The van der Waals surface area contributed by atoms with Crippen molar-refractivity contribution in [2.45, 2.75) is 0 Å². The zero-order chi connectivity index (χ0) is 42.1. The van der Waals surface area contributed by atoms with Crippen LogP contribution >= 0.6 is 11.3 Å². The van der Waals surface area contributed by atoms with E-state index in [1.54, 1.807) is 0 Å². The van der Waals surface area contributed by atoms with Crippen LogP contribution in [0.4, 0.5) is 0 Å². The Labute approximate surface area is 375 Å². The van der Waals surface area contributed by atoms with Gasteiger partial charge in [-0.15, -0.1) is 11.3 Å². The second-order valence-corrected chi connectivity index (χ2v) is 19.2. The summed E-state index contributed by atoms with van der Waals surface area (Å²) < 4.78 is 1.38. The molecule has 0 aliphatic heterocycles. The second kappa shape index (κ2) is 12.3. The second-order valence-electron chi connectivity index (χ2n) is 18.1. The van der Waals surface area contributed by atoms with Crippen molar-refractivity contribution in [3.05, 3.63) is 247 Å².